The SMILES string of the molecule is C[C@@H](c1ccon1)N(C)Cc1ccc2c(c1)CC(C)(C)O2. The molecule has 0 aliphatic carbocycles. The van der Waals surface area contributed by atoms with E-state index in [4.69, 9.17) is 9.26 Å². The quantitative estimate of drug-likeness (QED) is 0.861. The molecule has 0 spiro atoms. The maximum absolute atomic E-state index is 5.92. The van der Waals surface area contributed by atoms with E-state index in [0.717, 1.165) is 24.4 Å². The lowest BCUT2D eigenvalue weighted by Gasteiger charge is -2.23. The first-order valence-corrected chi connectivity index (χ1v) is 7.36. The lowest BCUT2D eigenvalue weighted by Crippen LogP contribution is -2.24. The Kier molecular flexibility index (Phi) is 3.49. The van der Waals surface area contributed by atoms with Crippen LogP contribution >= 0.6 is 0 Å². The molecule has 21 heavy (non-hydrogen) atoms. The molecule has 0 saturated heterocycles. The minimum absolute atomic E-state index is 0.0825. The van der Waals surface area contributed by atoms with Gasteiger partial charge in [0.25, 0.3) is 0 Å². The van der Waals surface area contributed by atoms with E-state index in [1.54, 1.807) is 6.26 Å². The maximum Gasteiger partial charge on any atom is 0.124 e. The summed E-state index contributed by atoms with van der Waals surface area (Å²) in [5.74, 6) is 1.02. The second-order valence-corrected chi connectivity index (χ2v) is 6.50. The Balaban J connectivity index is 1.72. The molecule has 2 heterocycles. The van der Waals surface area contributed by atoms with Crippen molar-refractivity contribution in [2.75, 3.05) is 7.05 Å². The van der Waals surface area contributed by atoms with Crippen LogP contribution in [-0.2, 0) is 13.0 Å². The summed E-state index contributed by atoms with van der Waals surface area (Å²) in [6.45, 7) is 7.27. The van der Waals surface area contributed by atoms with Crippen molar-refractivity contribution in [2.45, 2.75) is 45.4 Å². The highest BCUT2D eigenvalue weighted by Gasteiger charge is 2.30. The molecule has 1 atom stereocenters. The van der Waals surface area contributed by atoms with Crippen LogP contribution in [0.5, 0.6) is 5.75 Å². The van der Waals surface area contributed by atoms with Gasteiger partial charge in [0.1, 0.15) is 23.3 Å². The number of aromatic nitrogens is 1. The molecule has 1 aliphatic rings. The third kappa shape index (κ3) is 2.95. The van der Waals surface area contributed by atoms with Crippen LogP contribution in [0.25, 0.3) is 0 Å². The zero-order valence-electron chi connectivity index (χ0n) is 13.1. The predicted molar refractivity (Wildman–Crippen MR) is 81.2 cm³/mol. The van der Waals surface area contributed by atoms with E-state index in [1.165, 1.54) is 11.1 Å². The van der Waals surface area contributed by atoms with E-state index in [1.807, 2.05) is 6.07 Å². The number of ether oxygens (including phenoxy) is 1. The highest BCUT2D eigenvalue weighted by atomic mass is 16.5. The van der Waals surface area contributed by atoms with Crippen LogP contribution in [0.3, 0.4) is 0 Å². The van der Waals surface area contributed by atoms with E-state index in [9.17, 15) is 0 Å². The second kappa shape index (κ2) is 5.19. The Morgan fingerprint density at radius 3 is 2.86 bits per heavy atom. The van der Waals surface area contributed by atoms with Crippen LogP contribution in [-0.4, -0.2) is 22.7 Å². The molecular formula is C17H22N2O2. The van der Waals surface area contributed by atoms with Gasteiger partial charge in [-0.05, 0) is 45.0 Å². The highest BCUT2D eigenvalue weighted by Crippen LogP contribution is 2.35. The lowest BCUT2D eigenvalue weighted by atomic mass is 10.00. The fourth-order valence-corrected chi connectivity index (χ4v) is 2.85. The summed E-state index contributed by atoms with van der Waals surface area (Å²) in [5, 5.41) is 4.02. The normalized spacial score (nSPS) is 17.6. The first-order valence-electron chi connectivity index (χ1n) is 7.36. The van der Waals surface area contributed by atoms with Gasteiger partial charge < -0.3 is 9.26 Å². The minimum Gasteiger partial charge on any atom is -0.487 e. The number of rotatable bonds is 4. The number of nitrogens with zero attached hydrogens (tertiary/aromatic N) is 2. The molecule has 1 aliphatic heterocycles. The van der Waals surface area contributed by atoms with Gasteiger partial charge in [-0.3, -0.25) is 4.90 Å². The molecule has 0 bridgehead atoms. The van der Waals surface area contributed by atoms with Crippen LogP contribution in [0, 0.1) is 0 Å². The Bertz CT molecular complexity index is 620. The molecule has 2 aromatic rings. The zero-order valence-corrected chi connectivity index (χ0v) is 13.1. The Labute approximate surface area is 125 Å². The monoisotopic (exact) mass is 286 g/mol. The molecule has 3 rings (SSSR count). The molecule has 0 fully saturated rings. The van der Waals surface area contributed by atoms with E-state index in [0.29, 0.717) is 0 Å². The summed E-state index contributed by atoms with van der Waals surface area (Å²) in [4.78, 5) is 2.26. The third-order valence-corrected chi connectivity index (χ3v) is 4.11. The fraction of sp³-hybridized carbons (Fsp3) is 0.471. The average Bonchev–Trinajstić information content (AvgIpc) is 3.02. The summed E-state index contributed by atoms with van der Waals surface area (Å²) in [6.07, 6.45) is 2.59. The minimum atomic E-state index is -0.0825. The summed E-state index contributed by atoms with van der Waals surface area (Å²) in [5.41, 5.74) is 3.48. The van der Waals surface area contributed by atoms with Crippen molar-refractivity contribution in [3.8, 4) is 5.75 Å². The largest absolute Gasteiger partial charge is 0.487 e. The van der Waals surface area contributed by atoms with Gasteiger partial charge in [-0.15, -0.1) is 0 Å². The molecule has 4 heteroatoms. The van der Waals surface area contributed by atoms with Crippen molar-refractivity contribution in [1.29, 1.82) is 0 Å². The van der Waals surface area contributed by atoms with E-state index < -0.39 is 0 Å². The van der Waals surface area contributed by atoms with E-state index >= 15 is 0 Å². The summed E-state index contributed by atoms with van der Waals surface area (Å²) in [6, 6.07) is 8.64. The van der Waals surface area contributed by atoms with Crippen molar-refractivity contribution >= 4 is 0 Å². The van der Waals surface area contributed by atoms with Crippen LogP contribution in [0.15, 0.2) is 35.1 Å². The maximum atomic E-state index is 5.92. The molecule has 0 N–H and O–H groups in total. The van der Waals surface area contributed by atoms with Gasteiger partial charge in [0.05, 0.1) is 6.04 Å². The number of fused-ring (bicyclic) bond motifs is 1. The Morgan fingerprint density at radius 1 is 1.33 bits per heavy atom. The summed E-state index contributed by atoms with van der Waals surface area (Å²) < 4.78 is 10.9. The third-order valence-electron chi connectivity index (χ3n) is 4.11. The highest BCUT2D eigenvalue weighted by molar-refractivity contribution is 5.41. The average molecular weight is 286 g/mol. The molecule has 4 nitrogen and oxygen atoms in total. The Morgan fingerprint density at radius 2 is 2.14 bits per heavy atom. The number of hydrogen-bond acceptors (Lipinski definition) is 4. The topological polar surface area (TPSA) is 38.5 Å². The van der Waals surface area contributed by atoms with Crippen molar-refractivity contribution in [3.63, 3.8) is 0 Å². The van der Waals surface area contributed by atoms with Crippen molar-refractivity contribution in [1.82, 2.24) is 10.1 Å². The van der Waals surface area contributed by atoms with Gasteiger partial charge >= 0.3 is 0 Å². The first kappa shape index (κ1) is 14.1. The molecule has 0 saturated carbocycles. The molecule has 0 unspecified atom stereocenters. The van der Waals surface area contributed by atoms with Crippen LogP contribution < -0.4 is 4.74 Å². The molecule has 1 aromatic heterocycles. The van der Waals surface area contributed by atoms with Crippen molar-refractivity contribution < 1.29 is 9.26 Å². The molecule has 112 valence electrons. The van der Waals surface area contributed by atoms with Crippen LogP contribution in [0.4, 0.5) is 0 Å². The summed E-state index contributed by atoms with van der Waals surface area (Å²) in [7, 11) is 2.10. The zero-order chi connectivity index (χ0) is 15.0. The lowest BCUT2D eigenvalue weighted by molar-refractivity contribution is 0.138. The fourth-order valence-electron chi connectivity index (χ4n) is 2.85. The van der Waals surface area contributed by atoms with E-state index in [-0.39, 0.29) is 11.6 Å². The van der Waals surface area contributed by atoms with Gasteiger partial charge in [0.2, 0.25) is 0 Å². The van der Waals surface area contributed by atoms with Gasteiger partial charge in [-0.1, -0.05) is 17.3 Å². The van der Waals surface area contributed by atoms with Crippen molar-refractivity contribution in [3.05, 3.63) is 47.3 Å². The van der Waals surface area contributed by atoms with Gasteiger partial charge in [0.15, 0.2) is 0 Å². The first-order chi connectivity index (χ1) is 9.94. The molecule has 0 amide bonds. The van der Waals surface area contributed by atoms with Crippen molar-refractivity contribution in [2.24, 2.45) is 0 Å². The van der Waals surface area contributed by atoms with Crippen LogP contribution in [0.1, 0.15) is 43.6 Å². The Hall–Kier alpha value is -1.81. The van der Waals surface area contributed by atoms with Gasteiger partial charge in [0, 0.05) is 19.0 Å². The molecule has 1 aromatic carbocycles. The van der Waals surface area contributed by atoms with Crippen LogP contribution in [0.2, 0.25) is 0 Å². The summed E-state index contributed by atoms with van der Waals surface area (Å²) >= 11 is 0. The predicted octanol–water partition coefficient (Wildman–Crippen LogP) is 3.58. The molecule has 0 radical (unpaired) electrons. The number of hydrogen-bond donors (Lipinski definition) is 0. The number of benzene rings is 1. The standard InChI is InChI=1S/C17H22N2O2/c1-12(15-7-8-20-18-15)19(4)11-13-5-6-16-14(9-13)10-17(2,3)21-16/h5-9,12H,10-11H2,1-4H3/t12-/m0/s1. The second-order valence-electron chi connectivity index (χ2n) is 6.50. The van der Waals surface area contributed by atoms with Gasteiger partial charge in [-0.2, -0.15) is 0 Å². The van der Waals surface area contributed by atoms with E-state index in [2.05, 4.69) is 56.1 Å². The molecular weight excluding hydrogens is 264 g/mol. The van der Waals surface area contributed by atoms with Gasteiger partial charge in [-0.25, -0.2) is 0 Å². The smallest absolute Gasteiger partial charge is 0.124 e.